The van der Waals surface area contributed by atoms with Crippen LogP contribution in [0.1, 0.15) is 104 Å². The molecule has 2 aliphatic carbocycles. The van der Waals surface area contributed by atoms with Crippen molar-refractivity contribution in [2.75, 3.05) is 0 Å². The second-order valence-electron chi connectivity index (χ2n) is 13.6. The summed E-state index contributed by atoms with van der Waals surface area (Å²) in [6.07, 6.45) is 6.70. The van der Waals surface area contributed by atoms with Crippen LogP contribution < -0.4 is 24.8 Å². The molecule has 3 aromatic rings. The molecule has 0 amide bonds. The Labute approximate surface area is 284 Å². The largest absolute Gasteiger partial charge is 1.00 e. The maximum atomic E-state index is 3.67. The fourth-order valence-electron chi connectivity index (χ4n) is 5.20. The van der Waals surface area contributed by atoms with Gasteiger partial charge in [0.1, 0.15) is 0 Å². The molecule has 0 saturated carbocycles. The summed E-state index contributed by atoms with van der Waals surface area (Å²) in [6, 6.07) is 25.6. The van der Waals surface area contributed by atoms with Crippen LogP contribution in [0.15, 0.2) is 77.9 Å². The van der Waals surface area contributed by atoms with Crippen molar-refractivity contribution in [3.8, 4) is 11.1 Å². The van der Waals surface area contributed by atoms with Gasteiger partial charge in [-0.15, -0.1) is 11.1 Å². The molecule has 0 nitrogen and oxygen atoms in total. The fourth-order valence-corrected chi connectivity index (χ4v) is 5.61. The summed E-state index contributed by atoms with van der Waals surface area (Å²) in [5.41, 5.74) is 12.9. The Morgan fingerprint density at radius 2 is 1.45 bits per heavy atom. The number of fused-ring (bicyclic) bond motifs is 3. The maximum Gasteiger partial charge on any atom is -1.00 e. The van der Waals surface area contributed by atoms with E-state index in [-0.39, 0.29) is 35.6 Å². The minimum Gasteiger partial charge on any atom is -1.00 e. The normalized spacial score (nSPS) is 15.0. The fraction of sp³-hybridized carbons (Fsp3) is 0.410. The third kappa shape index (κ3) is 10.3. The van der Waals surface area contributed by atoms with Crippen molar-refractivity contribution in [2.45, 2.75) is 93.4 Å². The van der Waals surface area contributed by atoms with E-state index in [4.69, 9.17) is 0 Å². The molecule has 1 atom stereocenters. The van der Waals surface area contributed by atoms with E-state index in [2.05, 4.69) is 149 Å². The SMILES string of the molecule is CC(C)(C)c1[c-]c2c(cc1)-c1ccc(C(C)(C)C)cc1C2.CC1=[C-]C(C)C=C1C(C)C.C[C](=[Zr+2])c1ccccc1.[Cl-].[Cl-]. The van der Waals surface area contributed by atoms with Crippen molar-refractivity contribution in [1.82, 2.24) is 0 Å². The van der Waals surface area contributed by atoms with Crippen LogP contribution in [0.2, 0.25) is 0 Å². The minimum atomic E-state index is 0. The Balaban J connectivity index is 0.000000353. The van der Waals surface area contributed by atoms with Gasteiger partial charge in [0.2, 0.25) is 0 Å². The van der Waals surface area contributed by atoms with E-state index in [0.717, 1.165) is 6.42 Å². The summed E-state index contributed by atoms with van der Waals surface area (Å²) >= 11 is 1.51. The predicted molar refractivity (Wildman–Crippen MR) is 172 cm³/mol. The molecule has 1 unspecified atom stereocenters. The molecule has 2 aliphatic rings. The minimum absolute atomic E-state index is 0. The zero-order valence-corrected chi connectivity index (χ0v) is 31.4. The molecule has 0 aromatic heterocycles. The zero-order chi connectivity index (χ0) is 29.8. The summed E-state index contributed by atoms with van der Waals surface area (Å²) in [4.78, 5) is 0. The first-order valence-corrected chi connectivity index (χ1v) is 15.9. The Morgan fingerprint density at radius 1 is 0.857 bits per heavy atom. The first-order valence-electron chi connectivity index (χ1n) is 14.7. The van der Waals surface area contributed by atoms with E-state index in [1.807, 2.05) is 6.07 Å². The van der Waals surface area contributed by atoms with Crippen LogP contribution in [0.5, 0.6) is 0 Å². The summed E-state index contributed by atoms with van der Waals surface area (Å²) in [5, 5.41) is 0. The van der Waals surface area contributed by atoms with Crippen LogP contribution in [-0.4, -0.2) is 3.21 Å². The molecule has 0 heterocycles. The van der Waals surface area contributed by atoms with E-state index in [1.165, 1.54) is 77.5 Å². The van der Waals surface area contributed by atoms with Crippen molar-refractivity contribution < 1.29 is 49.0 Å². The molecule has 3 heteroatoms. The van der Waals surface area contributed by atoms with Crippen LogP contribution in [0.25, 0.3) is 11.1 Å². The molecule has 224 valence electrons. The van der Waals surface area contributed by atoms with Crippen molar-refractivity contribution in [3.63, 3.8) is 0 Å². The average molecular weight is 679 g/mol. The van der Waals surface area contributed by atoms with Gasteiger partial charge in [-0.2, -0.15) is 35.4 Å². The van der Waals surface area contributed by atoms with E-state index in [1.54, 1.807) is 0 Å². The van der Waals surface area contributed by atoms with Gasteiger partial charge in [0.25, 0.3) is 0 Å². The number of hydrogen-bond acceptors (Lipinski definition) is 0. The number of allylic oxidation sites excluding steroid dienone is 4. The molecule has 0 fully saturated rings. The Morgan fingerprint density at radius 3 is 1.88 bits per heavy atom. The number of hydrogen-bond donors (Lipinski definition) is 0. The van der Waals surface area contributed by atoms with Gasteiger partial charge >= 0.3 is 70.3 Å². The molecule has 0 spiro atoms. The maximum absolute atomic E-state index is 3.67. The second kappa shape index (κ2) is 16.0. The molecule has 42 heavy (non-hydrogen) atoms. The molecule has 0 radical (unpaired) electrons. The van der Waals surface area contributed by atoms with Gasteiger partial charge in [0.15, 0.2) is 0 Å². The van der Waals surface area contributed by atoms with E-state index in [0.29, 0.717) is 11.8 Å². The van der Waals surface area contributed by atoms with Crippen LogP contribution in [-0.2, 0) is 41.5 Å². The van der Waals surface area contributed by atoms with Gasteiger partial charge < -0.3 is 24.8 Å². The van der Waals surface area contributed by atoms with E-state index < -0.39 is 0 Å². The van der Waals surface area contributed by atoms with Gasteiger partial charge in [-0.3, -0.25) is 6.08 Å². The Hall–Kier alpha value is -1.53. The van der Waals surface area contributed by atoms with Gasteiger partial charge in [-0.25, -0.2) is 5.57 Å². The molecule has 0 N–H and O–H groups in total. The zero-order valence-electron chi connectivity index (χ0n) is 27.5. The topological polar surface area (TPSA) is 0 Å². The molecule has 5 rings (SSSR count). The first-order chi connectivity index (χ1) is 18.6. The van der Waals surface area contributed by atoms with Gasteiger partial charge in [0, 0.05) is 0 Å². The van der Waals surface area contributed by atoms with Gasteiger partial charge in [-0.1, -0.05) is 105 Å². The smallest absolute Gasteiger partial charge is 1.00 e. The Bertz CT molecular complexity index is 1340. The third-order valence-electron chi connectivity index (χ3n) is 7.60. The molecular weight excluding hydrogens is 631 g/mol. The van der Waals surface area contributed by atoms with Crippen molar-refractivity contribution in [3.05, 3.63) is 118 Å². The molecule has 0 aliphatic heterocycles. The molecule has 0 saturated heterocycles. The van der Waals surface area contributed by atoms with Crippen molar-refractivity contribution in [2.24, 2.45) is 11.8 Å². The second-order valence-corrected chi connectivity index (χ2v) is 15.5. The quantitative estimate of drug-likeness (QED) is 0.276. The molecular formula is C39H48Cl2Zr-2. The standard InChI is InChI=1S/C21H25.C10H15.C8H8.2ClH.Zr/c1-20(2,3)16-7-9-18-14(12-16)11-15-13-17(21(4,5)6)8-10-19(15)18;1-7(2)10-6-8(3)5-9(10)4;1-2-8-6-4-3-5-7-8;;;/h7-10,12H,11H2,1-6H3;6-8H,1-4H3;3-7H,1H3;2*1H;/q2*-1;;;;+2/p-2. The monoisotopic (exact) mass is 676 g/mol. The van der Waals surface area contributed by atoms with Crippen LogP contribution in [0.4, 0.5) is 0 Å². The Kier molecular flexibility index (Phi) is 14.6. The molecule has 0 bridgehead atoms. The van der Waals surface area contributed by atoms with Crippen molar-refractivity contribution >= 4 is 3.21 Å². The summed E-state index contributed by atoms with van der Waals surface area (Å²) in [6.45, 7) is 24.6. The number of halogens is 2. The van der Waals surface area contributed by atoms with Gasteiger partial charge in [-0.05, 0) is 28.4 Å². The predicted octanol–water partition coefficient (Wildman–Crippen LogP) is 4.40. The van der Waals surface area contributed by atoms with Crippen LogP contribution in [0.3, 0.4) is 0 Å². The average Bonchev–Trinajstić information content (AvgIpc) is 3.42. The summed E-state index contributed by atoms with van der Waals surface area (Å²) in [5.74, 6) is 1.20. The third-order valence-corrected chi connectivity index (χ3v) is 8.31. The summed E-state index contributed by atoms with van der Waals surface area (Å²) in [7, 11) is 0. The van der Waals surface area contributed by atoms with Crippen LogP contribution >= 0.6 is 0 Å². The molecule has 3 aromatic carbocycles. The van der Waals surface area contributed by atoms with Crippen molar-refractivity contribution in [1.29, 1.82) is 0 Å². The van der Waals surface area contributed by atoms with Gasteiger partial charge in [0.05, 0.1) is 0 Å². The van der Waals surface area contributed by atoms with E-state index >= 15 is 0 Å². The number of benzene rings is 3. The first kappa shape index (κ1) is 38.5. The van der Waals surface area contributed by atoms with E-state index in [9.17, 15) is 0 Å². The van der Waals surface area contributed by atoms with Crippen LogP contribution in [0, 0.1) is 24.0 Å². The number of rotatable bonds is 2. The summed E-state index contributed by atoms with van der Waals surface area (Å²) < 4.78 is 1.46.